The van der Waals surface area contributed by atoms with Gasteiger partial charge >= 0.3 is 0 Å². The molecule has 0 fully saturated rings. The van der Waals surface area contributed by atoms with E-state index in [4.69, 9.17) is 0 Å². The quantitative estimate of drug-likeness (QED) is 0.848. The molecule has 1 N–H and O–H groups in total. The lowest BCUT2D eigenvalue weighted by atomic mass is 10.1. The summed E-state index contributed by atoms with van der Waals surface area (Å²) in [4.78, 5) is 11.6. The van der Waals surface area contributed by atoms with Crippen LogP contribution in [0.2, 0.25) is 0 Å². The van der Waals surface area contributed by atoms with Crippen LogP contribution < -0.4 is 5.32 Å². The molecule has 14 heavy (non-hydrogen) atoms. The Kier molecular flexibility index (Phi) is 4.88. The number of amides is 1. The maximum absolute atomic E-state index is 11.6. The van der Waals surface area contributed by atoms with Crippen LogP contribution in [-0.2, 0) is 0 Å². The van der Waals surface area contributed by atoms with Crippen molar-refractivity contribution in [2.75, 3.05) is 6.54 Å². The Morgan fingerprint density at radius 2 is 2.43 bits per heavy atom. The molecule has 0 bridgehead atoms. The van der Waals surface area contributed by atoms with Gasteiger partial charge in [-0.15, -0.1) is 11.3 Å². The van der Waals surface area contributed by atoms with E-state index in [1.165, 1.54) is 0 Å². The number of rotatable bonds is 4. The highest BCUT2D eigenvalue weighted by Gasteiger charge is 2.08. The summed E-state index contributed by atoms with van der Waals surface area (Å²) < 4.78 is 1.15. The number of hydrogen-bond acceptors (Lipinski definition) is 2. The topological polar surface area (TPSA) is 29.1 Å². The molecule has 1 amide bonds. The normalized spacial score (nSPS) is 12.5. The Hall–Kier alpha value is -0.100. The monoisotopic (exact) mass is 323 g/mol. The highest BCUT2D eigenvalue weighted by Crippen LogP contribution is 2.16. The molecule has 1 aromatic rings. The number of thiophene rings is 1. The molecule has 0 saturated heterocycles. The SMILES string of the molecule is CCC(C)CNC(=O)c1csc(I)c1. The van der Waals surface area contributed by atoms with Crippen molar-refractivity contribution in [3.05, 3.63) is 19.9 Å². The fourth-order valence-corrected chi connectivity index (χ4v) is 2.27. The van der Waals surface area contributed by atoms with Crippen molar-refractivity contribution in [2.24, 2.45) is 5.92 Å². The molecule has 0 aromatic carbocycles. The molecule has 1 unspecified atom stereocenters. The lowest BCUT2D eigenvalue weighted by Crippen LogP contribution is -2.27. The Morgan fingerprint density at radius 3 is 2.93 bits per heavy atom. The Labute approximate surface area is 102 Å². The van der Waals surface area contributed by atoms with E-state index in [0.717, 1.165) is 21.4 Å². The number of hydrogen-bond donors (Lipinski definition) is 1. The van der Waals surface area contributed by atoms with Crippen LogP contribution in [0.15, 0.2) is 11.4 Å². The first-order chi connectivity index (χ1) is 6.63. The van der Waals surface area contributed by atoms with Crippen LogP contribution in [-0.4, -0.2) is 12.5 Å². The maximum atomic E-state index is 11.6. The molecule has 0 aliphatic carbocycles. The summed E-state index contributed by atoms with van der Waals surface area (Å²) >= 11 is 3.82. The summed E-state index contributed by atoms with van der Waals surface area (Å²) in [5, 5.41) is 4.82. The Balaban J connectivity index is 2.43. The first-order valence-corrected chi connectivity index (χ1v) is 6.61. The smallest absolute Gasteiger partial charge is 0.252 e. The molecule has 1 heterocycles. The molecule has 0 spiro atoms. The zero-order chi connectivity index (χ0) is 10.6. The molecule has 2 nitrogen and oxygen atoms in total. The van der Waals surface area contributed by atoms with Crippen molar-refractivity contribution in [3.8, 4) is 0 Å². The molecule has 1 rings (SSSR count). The van der Waals surface area contributed by atoms with E-state index in [0.29, 0.717) is 5.92 Å². The van der Waals surface area contributed by atoms with E-state index in [-0.39, 0.29) is 5.91 Å². The summed E-state index contributed by atoms with van der Waals surface area (Å²) in [7, 11) is 0. The minimum absolute atomic E-state index is 0.0458. The van der Waals surface area contributed by atoms with Gasteiger partial charge in [-0.3, -0.25) is 4.79 Å². The van der Waals surface area contributed by atoms with Crippen molar-refractivity contribution >= 4 is 39.8 Å². The van der Waals surface area contributed by atoms with Crippen LogP contribution in [0, 0.1) is 8.80 Å². The second kappa shape index (κ2) is 5.70. The third-order valence-corrected chi connectivity index (χ3v) is 3.93. The second-order valence-corrected chi connectivity index (χ2v) is 6.17. The fourth-order valence-electron chi connectivity index (χ4n) is 0.942. The summed E-state index contributed by atoms with van der Waals surface area (Å²) in [5.74, 6) is 0.598. The molecular weight excluding hydrogens is 309 g/mol. The van der Waals surface area contributed by atoms with Gasteiger partial charge in [0.05, 0.1) is 8.45 Å². The van der Waals surface area contributed by atoms with Crippen molar-refractivity contribution in [1.29, 1.82) is 0 Å². The lowest BCUT2D eigenvalue weighted by molar-refractivity contribution is 0.0948. The summed E-state index contributed by atoms with van der Waals surface area (Å²) in [6.07, 6.45) is 1.10. The van der Waals surface area contributed by atoms with E-state index in [1.807, 2.05) is 11.4 Å². The fraction of sp³-hybridized carbons (Fsp3) is 0.500. The van der Waals surface area contributed by atoms with E-state index in [2.05, 4.69) is 41.8 Å². The summed E-state index contributed by atoms with van der Waals surface area (Å²) in [6, 6.07) is 1.91. The van der Waals surface area contributed by atoms with Gasteiger partial charge in [0.15, 0.2) is 0 Å². The molecule has 0 radical (unpaired) electrons. The Bertz CT molecular complexity index is 311. The molecule has 0 saturated carbocycles. The number of carbonyl (C=O) groups excluding carboxylic acids is 1. The van der Waals surface area contributed by atoms with Crippen molar-refractivity contribution < 1.29 is 4.79 Å². The first-order valence-electron chi connectivity index (χ1n) is 4.65. The predicted molar refractivity (Wildman–Crippen MR) is 68.8 cm³/mol. The molecule has 1 aromatic heterocycles. The minimum Gasteiger partial charge on any atom is -0.352 e. The van der Waals surface area contributed by atoms with E-state index in [1.54, 1.807) is 11.3 Å². The van der Waals surface area contributed by atoms with Gasteiger partial charge in [-0.25, -0.2) is 0 Å². The van der Waals surface area contributed by atoms with Crippen molar-refractivity contribution in [2.45, 2.75) is 20.3 Å². The zero-order valence-electron chi connectivity index (χ0n) is 8.34. The lowest BCUT2D eigenvalue weighted by Gasteiger charge is -2.08. The van der Waals surface area contributed by atoms with Crippen LogP contribution >= 0.6 is 33.9 Å². The van der Waals surface area contributed by atoms with Crippen LogP contribution in [0.4, 0.5) is 0 Å². The van der Waals surface area contributed by atoms with Crippen LogP contribution in [0.3, 0.4) is 0 Å². The zero-order valence-corrected chi connectivity index (χ0v) is 11.3. The largest absolute Gasteiger partial charge is 0.352 e. The molecule has 1 atom stereocenters. The van der Waals surface area contributed by atoms with Gasteiger partial charge < -0.3 is 5.32 Å². The number of nitrogens with one attached hydrogen (secondary N) is 1. The highest BCUT2D eigenvalue weighted by atomic mass is 127. The third kappa shape index (κ3) is 3.57. The van der Waals surface area contributed by atoms with Gasteiger partial charge in [-0.1, -0.05) is 20.3 Å². The van der Waals surface area contributed by atoms with Gasteiger partial charge in [-0.05, 0) is 34.6 Å². The predicted octanol–water partition coefficient (Wildman–Crippen LogP) is 3.13. The molecule has 0 aliphatic rings. The maximum Gasteiger partial charge on any atom is 0.252 e. The average Bonchev–Trinajstić information content (AvgIpc) is 2.60. The number of carbonyl (C=O) groups is 1. The molecular formula is C10H14INOS. The average molecular weight is 323 g/mol. The highest BCUT2D eigenvalue weighted by molar-refractivity contribution is 14.1. The molecule has 78 valence electrons. The van der Waals surface area contributed by atoms with Crippen molar-refractivity contribution in [3.63, 3.8) is 0 Å². The number of halogens is 1. The molecule has 4 heteroatoms. The first kappa shape index (κ1) is 12.0. The van der Waals surface area contributed by atoms with Gasteiger partial charge in [0.2, 0.25) is 0 Å². The van der Waals surface area contributed by atoms with Gasteiger partial charge in [-0.2, -0.15) is 0 Å². The molecule has 0 aliphatic heterocycles. The Morgan fingerprint density at radius 1 is 1.71 bits per heavy atom. The minimum atomic E-state index is 0.0458. The van der Waals surface area contributed by atoms with E-state index < -0.39 is 0 Å². The van der Waals surface area contributed by atoms with Gasteiger partial charge in [0.25, 0.3) is 5.91 Å². The summed E-state index contributed by atoms with van der Waals surface area (Å²) in [5.41, 5.74) is 0.780. The van der Waals surface area contributed by atoms with E-state index >= 15 is 0 Å². The standard InChI is InChI=1S/C10H14INOS/c1-3-7(2)5-12-10(13)8-4-9(11)14-6-8/h4,6-7H,3,5H2,1-2H3,(H,12,13). The second-order valence-electron chi connectivity index (χ2n) is 3.36. The van der Waals surface area contributed by atoms with Gasteiger partial charge in [0.1, 0.15) is 0 Å². The van der Waals surface area contributed by atoms with Crippen LogP contribution in [0.25, 0.3) is 0 Å². The third-order valence-electron chi connectivity index (χ3n) is 2.14. The van der Waals surface area contributed by atoms with E-state index in [9.17, 15) is 4.79 Å². The van der Waals surface area contributed by atoms with Crippen LogP contribution in [0.5, 0.6) is 0 Å². The summed E-state index contributed by atoms with van der Waals surface area (Å²) in [6.45, 7) is 5.03. The van der Waals surface area contributed by atoms with Crippen LogP contribution in [0.1, 0.15) is 30.6 Å². The van der Waals surface area contributed by atoms with Gasteiger partial charge in [0, 0.05) is 11.9 Å². The van der Waals surface area contributed by atoms with Crippen molar-refractivity contribution in [1.82, 2.24) is 5.32 Å².